The van der Waals surface area contributed by atoms with E-state index in [0.29, 0.717) is 23.5 Å². The van der Waals surface area contributed by atoms with Gasteiger partial charge in [0.05, 0.1) is 0 Å². The molecule has 5 nitrogen and oxygen atoms in total. The SMILES string of the molecule is COc1cc(B(O)I(C)O)cc(OC)c1CN(C)C. The van der Waals surface area contributed by atoms with Gasteiger partial charge in [0, 0.05) is 0 Å². The van der Waals surface area contributed by atoms with Crippen molar-refractivity contribution in [2.24, 2.45) is 0 Å². The Morgan fingerprint density at radius 1 is 1.21 bits per heavy atom. The van der Waals surface area contributed by atoms with Crippen molar-refractivity contribution in [1.29, 1.82) is 0 Å². The topological polar surface area (TPSA) is 62.2 Å². The Balaban J connectivity index is 3.27. The van der Waals surface area contributed by atoms with Crippen LogP contribution >= 0.6 is 20.0 Å². The summed E-state index contributed by atoms with van der Waals surface area (Å²) >= 11 is -2.33. The van der Waals surface area contributed by atoms with E-state index in [4.69, 9.17) is 9.47 Å². The molecule has 0 amide bonds. The Morgan fingerprint density at radius 3 is 2.00 bits per heavy atom. The maximum absolute atomic E-state index is 10.0. The third-order valence-electron chi connectivity index (χ3n) is 2.68. The zero-order valence-electron chi connectivity index (χ0n) is 12.0. The Morgan fingerprint density at radius 2 is 1.68 bits per heavy atom. The van der Waals surface area contributed by atoms with Gasteiger partial charge in [-0.1, -0.05) is 0 Å². The molecule has 0 aliphatic rings. The predicted octanol–water partition coefficient (Wildman–Crippen LogP) is 0.496. The summed E-state index contributed by atoms with van der Waals surface area (Å²) in [6.07, 6.45) is 0. The van der Waals surface area contributed by atoms with Crippen LogP contribution in [0, 0.1) is 0 Å². The van der Waals surface area contributed by atoms with Gasteiger partial charge in [0.25, 0.3) is 0 Å². The van der Waals surface area contributed by atoms with E-state index in [0.717, 1.165) is 5.56 Å². The third-order valence-corrected chi connectivity index (χ3v) is 5.11. The normalized spacial score (nSPS) is 11.5. The molecule has 0 atom stereocenters. The van der Waals surface area contributed by atoms with Gasteiger partial charge in [-0.05, 0) is 0 Å². The van der Waals surface area contributed by atoms with Crippen LogP contribution in [0.5, 0.6) is 11.5 Å². The van der Waals surface area contributed by atoms with Crippen molar-refractivity contribution < 1.29 is 17.9 Å². The molecule has 0 aliphatic heterocycles. The molecular formula is C12H21BINO4. The standard InChI is InChI=1S/C12H21BINO4/c1-14(17)13(16)9-6-11(18-4)10(8-15(2)3)12(7-9)19-5/h6-7,16-17H,8H2,1-5H3. The van der Waals surface area contributed by atoms with Gasteiger partial charge in [-0.3, -0.25) is 0 Å². The van der Waals surface area contributed by atoms with Crippen LogP contribution in [-0.2, 0) is 6.54 Å². The summed E-state index contributed by atoms with van der Waals surface area (Å²) in [7, 11) is 7.10. The van der Waals surface area contributed by atoms with E-state index in [-0.39, 0.29) is 0 Å². The Kier molecular flexibility index (Phi) is 6.38. The molecule has 2 N–H and O–H groups in total. The first kappa shape index (κ1) is 16.5. The van der Waals surface area contributed by atoms with E-state index in [2.05, 4.69) is 0 Å². The van der Waals surface area contributed by atoms with Gasteiger partial charge < -0.3 is 0 Å². The van der Waals surface area contributed by atoms with Gasteiger partial charge >= 0.3 is 122 Å². The molecule has 0 heterocycles. The van der Waals surface area contributed by atoms with E-state index in [9.17, 15) is 8.46 Å². The fourth-order valence-electron chi connectivity index (χ4n) is 1.80. The molecule has 7 heteroatoms. The van der Waals surface area contributed by atoms with Gasteiger partial charge in [0.15, 0.2) is 0 Å². The predicted molar refractivity (Wildman–Crippen MR) is 86.7 cm³/mol. The number of alkyl halides is 1. The summed E-state index contributed by atoms with van der Waals surface area (Å²) in [6.45, 7) is 0.677. The molecule has 1 aromatic carbocycles. The molecule has 0 fully saturated rings. The minimum absolute atomic E-state index is 0.645. The van der Waals surface area contributed by atoms with Gasteiger partial charge in [-0.25, -0.2) is 0 Å². The van der Waals surface area contributed by atoms with Crippen LogP contribution in [-0.4, -0.2) is 51.4 Å². The molecule has 0 unspecified atom stereocenters. The number of hydrogen-bond donors (Lipinski definition) is 2. The van der Waals surface area contributed by atoms with Crippen molar-refractivity contribution in [1.82, 2.24) is 4.90 Å². The van der Waals surface area contributed by atoms with E-state index < -0.39 is 24.8 Å². The molecule has 1 rings (SSSR count). The van der Waals surface area contributed by atoms with Crippen LogP contribution in [0.4, 0.5) is 0 Å². The number of nitrogens with zero attached hydrogens (tertiary/aromatic N) is 1. The summed E-state index contributed by atoms with van der Waals surface area (Å²) in [4.78, 5) is 3.71. The number of methoxy groups -OCH3 is 2. The molecule has 19 heavy (non-hydrogen) atoms. The van der Waals surface area contributed by atoms with Gasteiger partial charge in [-0.15, -0.1) is 0 Å². The fraction of sp³-hybridized carbons (Fsp3) is 0.500. The van der Waals surface area contributed by atoms with Crippen molar-refractivity contribution in [3.05, 3.63) is 17.7 Å². The van der Waals surface area contributed by atoms with Crippen LogP contribution in [0.25, 0.3) is 0 Å². The maximum atomic E-state index is 10.0. The van der Waals surface area contributed by atoms with E-state index >= 15 is 0 Å². The number of rotatable bonds is 6. The monoisotopic (exact) mass is 381 g/mol. The third kappa shape index (κ3) is 4.23. The molecule has 0 saturated carbocycles. The zero-order valence-corrected chi connectivity index (χ0v) is 14.1. The Bertz CT molecular complexity index is 403. The number of halogens is 1. The second-order valence-corrected chi connectivity index (χ2v) is 8.41. The van der Waals surface area contributed by atoms with Crippen LogP contribution in [0.1, 0.15) is 5.56 Å². The van der Waals surface area contributed by atoms with Crippen LogP contribution in [0.3, 0.4) is 0 Å². The first-order valence-electron chi connectivity index (χ1n) is 5.76. The molecule has 0 saturated heterocycles. The summed E-state index contributed by atoms with van der Waals surface area (Å²) in [5, 5.41) is 10.0. The van der Waals surface area contributed by atoms with E-state index in [1.54, 1.807) is 31.3 Å². The average molecular weight is 381 g/mol. The van der Waals surface area contributed by atoms with Gasteiger partial charge in [0.1, 0.15) is 0 Å². The number of ether oxygens (including phenoxy) is 2. The number of hydrogen-bond acceptors (Lipinski definition) is 5. The Hall–Kier alpha value is -0.505. The van der Waals surface area contributed by atoms with Gasteiger partial charge in [0.2, 0.25) is 0 Å². The van der Waals surface area contributed by atoms with Crippen molar-refractivity contribution in [3.63, 3.8) is 0 Å². The molecule has 0 bridgehead atoms. The van der Waals surface area contributed by atoms with Crippen molar-refractivity contribution >= 4 is 30.3 Å². The molecular weight excluding hydrogens is 360 g/mol. The second-order valence-electron chi connectivity index (χ2n) is 4.46. The molecule has 0 spiro atoms. The van der Waals surface area contributed by atoms with Crippen LogP contribution in [0.2, 0.25) is 0 Å². The van der Waals surface area contributed by atoms with Gasteiger partial charge in [-0.2, -0.15) is 0 Å². The second kappa shape index (κ2) is 7.32. The summed E-state index contributed by atoms with van der Waals surface area (Å²) in [5.74, 6) is 1.33. The van der Waals surface area contributed by atoms with Crippen molar-refractivity contribution in [3.8, 4) is 11.5 Å². The molecule has 0 aliphatic carbocycles. The first-order chi connectivity index (χ1) is 8.90. The average Bonchev–Trinajstić information content (AvgIpc) is 2.37. The Labute approximate surface area is 122 Å². The van der Waals surface area contributed by atoms with Crippen molar-refractivity contribution in [2.45, 2.75) is 6.54 Å². The van der Waals surface area contributed by atoms with Crippen LogP contribution in [0.15, 0.2) is 12.1 Å². The summed E-state index contributed by atoms with van der Waals surface area (Å²) in [5.41, 5.74) is 1.58. The quantitative estimate of drug-likeness (QED) is 0.427. The summed E-state index contributed by atoms with van der Waals surface area (Å²) in [6, 6.07) is 3.55. The molecule has 1 aromatic rings. The van der Waals surface area contributed by atoms with Crippen molar-refractivity contribution in [2.75, 3.05) is 33.2 Å². The molecule has 0 radical (unpaired) electrons. The van der Waals surface area contributed by atoms with Crippen LogP contribution < -0.4 is 14.9 Å². The van der Waals surface area contributed by atoms with E-state index in [1.807, 2.05) is 19.0 Å². The zero-order chi connectivity index (χ0) is 14.6. The first-order valence-corrected chi connectivity index (χ1v) is 10.1. The van der Waals surface area contributed by atoms with E-state index in [1.165, 1.54) is 0 Å². The minimum atomic E-state index is -2.33. The molecule has 108 valence electrons. The summed E-state index contributed by atoms with van der Waals surface area (Å²) < 4.78 is 19.6. The fourth-order valence-corrected chi connectivity index (χ4v) is 3.20. The number of benzene rings is 1. The molecule has 0 aromatic heterocycles.